The Morgan fingerprint density at radius 3 is 2.57 bits per heavy atom. The number of rotatable bonds is 6. The minimum absolute atomic E-state index is 0.0357. The van der Waals surface area contributed by atoms with Gasteiger partial charge in [-0.1, -0.05) is 48.8 Å². The van der Waals surface area contributed by atoms with Gasteiger partial charge >= 0.3 is 6.18 Å². The molecule has 4 nitrogen and oxygen atoms in total. The number of nitrogens with zero attached hydrogens (tertiary/aromatic N) is 2. The van der Waals surface area contributed by atoms with Gasteiger partial charge in [-0.3, -0.25) is 0 Å². The van der Waals surface area contributed by atoms with Crippen LogP contribution in [0.15, 0.2) is 63.9 Å². The predicted octanol–water partition coefficient (Wildman–Crippen LogP) is 6.55. The van der Waals surface area contributed by atoms with Gasteiger partial charge in [0.25, 0.3) is 0 Å². The summed E-state index contributed by atoms with van der Waals surface area (Å²) in [5.41, 5.74) is 3.61. The first-order valence-electron chi connectivity index (χ1n) is 8.89. The lowest BCUT2D eigenvalue weighted by molar-refractivity contribution is -0.0572. The summed E-state index contributed by atoms with van der Waals surface area (Å²) in [5.74, 6) is -0.785. The van der Waals surface area contributed by atoms with Crippen molar-refractivity contribution >= 4 is 22.9 Å². The van der Waals surface area contributed by atoms with Gasteiger partial charge in [-0.15, -0.1) is 0 Å². The van der Waals surface area contributed by atoms with Gasteiger partial charge in [0, 0.05) is 18.0 Å². The average Bonchev–Trinajstić information content (AvgIpc) is 3.09. The Morgan fingerprint density at radius 2 is 2.00 bits per heavy atom. The molecule has 160 valence electrons. The molecule has 0 aliphatic heterocycles. The molecule has 0 aliphatic carbocycles. The topological polar surface area (TPSA) is 64.4 Å². The predicted molar refractivity (Wildman–Crippen MR) is 110 cm³/mol. The molecule has 0 bridgehead atoms. The van der Waals surface area contributed by atoms with Gasteiger partial charge in [0.1, 0.15) is 11.5 Å². The Labute approximate surface area is 176 Å². The molecule has 0 unspecified atom stereocenters. The number of nitrogens with two attached hydrogens (primary N) is 1. The lowest BCUT2D eigenvalue weighted by Crippen LogP contribution is -2.25. The van der Waals surface area contributed by atoms with Crippen LogP contribution >= 0.6 is 11.6 Å². The first-order valence-corrected chi connectivity index (χ1v) is 9.27. The van der Waals surface area contributed by atoms with Crippen molar-refractivity contribution in [1.82, 2.24) is 5.16 Å². The second-order valence-electron chi connectivity index (χ2n) is 6.65. The molecule has 2 N–H and O–H groups in total. The summed E-state index contributed by atoms with van der Waals surface area (Å²) in [6.07, 6.45) is 0.773. The van der Waals surface area contributed by atoms with Crippen molar-refractivity contribution in [2.24, 2.45) is 16.6 Å². The second-order valence-corrected chi connectivity index (χ2v) is 7.06. The Hall–Kier alpha value is -2.87. The number of halogens is 5. The molecule has 0 saturated heterocycles. The van der Waals surface area contributed by atoms with E-state index in [2.05, 4.69) is 10.1 Å². The molecule has 1 aromatic heterocycles. The Morgan fingerprint density at radius 1 is 1.30 bits per heavy atom. The van der Waals surface area contributed by atoms with E-state index in [0.717, 1.165) is 18.3 Å². The molecule has 0 aliphatic rings. The van der Waals surface area contributed by atoms with E-state index in [9.17, 15) is 17.6 Å². The highest BCUT2D eigenvalue weighted by Crippen LogP contribution is 2.34. The van der Waals surface area contributed by atoms with Crippen molar-refractivity contribution in [3.8, 4) is 11.3 Å². The molecular weight excluding hydrogens is 422 g/mol. The van der Waals surface area contributed by atoms with Crippen molar-refractivity contribution in [2.45, 2.75) is 26.9 Å². The van der Waals surface area contributed by atoms with E-state index in [-0.39, 0.29) is 33.7 Å². The molecule has 2 rings (SSSR count). The molecule has 9 heteroatoms. The number of aromatic nitrogens is 1. The molecule has 1 aromatic carbocycles. The molecule has 0 radical (unpaired) electrons. The zero-order chi connectivity index (χ0) is 22.5. The normalized spacial score (nSPS) is 14.2. The zero-order valence-electron chi connectivity index (χ0n) is 16.5. The molecule has 0 atom stereocenters. The Bertz CT molecular complexity index is 997. The summed E-state index contributed by atoms with van der Waals surface area (Å²) in [6.45, 7) is 5.29. The lowest BCUT2D eigenvalue weighted by Gasteiger charge is -2.12. The lowest BCUT2D eigenvalue weighted by atomic mass is 10.1. The van der Waals surface area contributed by atoms with E-state index in [1.165, 1.54) is 25.1 Å². The zero-order valence-corrected chi connectivity index (χ0v) is 17.2. The Kier molecular flexibility index (Phi) is 7.61. The summed E-state index contributed by atoms with van der Waals surface area (Å²) >= 11 is 5.98. The summed E-state index contributed by atoms with van der Waals surface area (Å²) in [5, 5.41) is 3.68. The molecule has 0 saturated carbocycles. The molecule has 0 amide bonds. The van der Waals surface area contributed by atoms with Crippen molar-refractivity contribution in [3.63, 3.8) is 0 Å². The van der Waals surface area contributed by atoms with E-state index in [4.69, 9.17) is 21.9 Å². The highest BCUT2D eigenvalue weighted by Gasteiger charge is 2.40. The van der Waals surface area contributed by atoms with Crippen LogP contribution in [0.25, 0.3) is 16.8 Å². The maximum absolute atomic E-state index is 14.1. The van der Waals surface area contributed by atoms with Crippen molar-refractivity contribution in [1.29, 1.82) is 0 Å². The van der Waals surface area contributed by atoms with Crippen molar-refractivity contribution in [2.75, 3.05) is 0 Å². The fraction of sp³-hybridized carbons (Fsp3) is 0.238. The van der Waals surface area contributed by atoms with Gasteiger partial charge in [0.15, 0.2) is 11.5 Å². The second kappa shape index (κ2) is 9.75. The van der Waals surface area contributed by atoms with Crippen LogP contribution in [0.2, 0.25) is 5.02 Å². The summed E-state index contributed by atoms with van der Waals surface area (Å²) < 4.78 is 60.2. The minimum Gasteiger partial charge on any atom is -0.404 e. The molecule has 0 spiro atoms. The van der Waals surface area contributed by atoms with Crippen LogP contribution in [0.5, 0.6) is 0 Å². The molecule has 30 heavy (non-hydrogen) atoms. The SMILES string of the molecule is C/C(=C\C=C/C(C)C)N=C(C(=CN)c1cc(-c2c(F)cccc2Cl)no1)C(F)(F)F. The average molecular weight is 442 g/mol. The van der Waals surface area contributed by atoms with Crippen molar-refractivity contribution < 1.29 is 22.1 Å². The maximum Gasteiger partial charge on any atom is 0.434 e. The first kappa shape index (κ1) is 23.4. The fourth-order valence-corrected chi connectivity index (χ4v) is 2.71. The van der Waals surface area contributed by atoms with Crippen LogP contribution in [-0.2, 0) is 0 Å². The number of allylic oxidation sites excluding steroid dienone is 5. The third kappa shape index (κ3) is 5.82. The third-order valence-electron chi connectivity index (χ3n) is 3.81. The smallest absolute Gasteiger partial charge is 0.404 e. The van der Waals surface area contributed by atoms with Crippen LogP contribution in [0.1, 0.15) is 26.5 Å². The monoisotopic (exact) mass is 441 g/mol. The standard InChI is InChI=1S/C21H20ClF4N3O/c1-12(2)6-4-7-13(3)28-20(21(24,25)26)14(11-27)18-10-17(29-30-18)19-15(22)8-5-9-16(19)23/h4-12H,27H2,1-3H3/b6-4-,13-7+,14-11?,28-20?. The van der Waals surface area contributed by atoms with Crippen LogP contribution in [0.4, 0.5) is 17.6 Å². The number of hydrogen-bond donors (Lipinski definition) is 1. The quantitative estimate of drug-likeness (QED) is 0.314. The summed E-state index contributed by atoms with van der Waals surface area (Å²) in [6, 6.07) is 5.10. The van der Waals surface area contributed by atoms with Crippen molar-refractivity contribution in [3.05, 3.63) is 71.0 Å². The molecule has 2 aromatic rings. The van der Waals surface area contributed by atoms with Gasteiger partial charge in [-0.25, -0.2) is 9.38 Å². The first-order chi connectivity index (χ1) is 14.0. The minimum atomic E-state index is -4.83. The molecule has 0 fully saturated rings. The number of alkyl halides is 3. The fourth-order valence-electron chi connectivity index (χ4n) is 2.45. The summed E-state index contributed by atoms with van der Waals surface area (Å²) in [4.78, 5) is 3.67. The van der Waals surface area contributed by atoms with Crippen LogP contribution in [0, 0.1) is 11.7 Å². The van der Waals surface area contributed by atoms with Gasteiger partial charge in [0.2, 0.25) is 0 Å². The van der Waals surface area contributed by atoms with E-state index >= 15 is 0 Å². The maximum atomic E-state index is 14.1. The van der Waals surface area contributed by atoms with E-state index in [1.807, 2.05) is 19.9 Å². The van der Waals surface area contributed by atoms with Crippen LogP contribution < -0.4 is 5.73 Å². The number of benzene rings is 1. The van der Waals surface area contributed by atoms with E-state index in [0.29, 0.717) is 0 Å². The van der Waals surface area contributed by atoms with Gasteiger partial charge in [-0.2, -0.15) is 13.2 Å². The molecule has 1 heterocycles. The van der Waals surface area contributed by atoms with E-state index in [1.54, 1.807) is 6.08 Å². The van der Waals surface area contributed by atoms with Gasteiger partial charge in [0.05, 0.1) is 16.2 Å². The van der Waals surface area contributed by atoms with Gasteiger partial charge in [-0.05, 0) is 31.1 Å². The molecular formula is C21H20ClF4N3O. The highest BCUT2D eigenvalue weighted by atomic mass is 35.5. The third-order valence-corrected chi connectivity index (χ3v) is 4.12. The van der Waals surface area contributed by atoms with Gasteiger partial charge < -0.3 is 10.3 Å². The highest BCUT2D eigenvalue weighted by molar-refractivity contribution is 6.33. The van der Waals surface area contributed by atoms with Crippen LogP contribution in [0.3, 0.4) is 0 Å². The largest absolute Gasteiger partial charge is 0.434 e. The summed E-state index contributed by atoms with van der Waals surface area (Å²) in [7, 11) is 0. The number of aliphatic imine (C=N–C) groups is 1. The number of hydrogen-bond acceptors (Lipinski definition) is 4. The van der Waals surface area contributed by atoms with Crippen LogP contribution in [-0.4, -0.2) is 17.0 Å². The van der Waals surface area contributed by atoms with E-state index < -0.39 is 23.3 Å². The Balaban J connectivity index is 2.50.